The standard InChI is InChI=1S/C12H17ClN2O3/c1-8(16)12-11(13)9(14-15-12)5-7-18-10-4-2-3-6-17-10/h10H,2-7H2,1H3,(H,14,15). The van der Waals surface area contributed by atoms with Crippen LogP contribution in [0.5, 0.6) is 0 Å². The summed E-state index contributed by atoms with van der Waals surface area (Å²) in [6, 6.07) is 0. The van der Waals surface area contributed by atoms with Crippen LogP contribution < -0.4 is 0 Å². The van der Waals surface area contributed by atoms with Crippen LogP contribution in [-0.4, -0.2) is 35.5 Å². The number of ketones is 1. The molecule has 2 rings (SSSR count). The second-order valence-electron chi connectivity index (χ2n) is 4.34. The van der Waals surface area contributed by atoms with Gasteiger partial charge in [0.1, 0.15) is 5.69 Å². The second kappa shape index (κ2) is 6.31. The molecular formula is C12H17ClN2O3. The van der Waals surface area contributed by atoms with Gasteiger partial charge in [-0.3, -0.25) is 9.89 Å². The number of hydrogen-bond donors (Lipinski definition) is 1. The lowest BCUT2D eigenvalue weighted by atomic mass is 10.2. The molecule has 0 bridgehead atoms. The molecule has 1 N–H and O–H groups in total. The Bertz CT molecular complexity index is 413. The fourth-order valence-electron chi connectivity index (χ4n) is 1.90. The van der Waals surface area contributed by atoms with Gasteiger partial charge < -0.3 is 9.47 Å². The highest BCUT2D eigenvalue weighted by atomic mass is 35.5. The summed E-state index contributed by atoms with van der Waals surface area (Å²) < 4.78 is 11.1. The van der Waals surface area contributed by atoms with E-state index in [0.29, 0.717) is 23.7 Å². The number of nitrogens with one attached hydrogen (secondary N) is 1. The number of carbonyl (C=O) groups is 1. The predicted molar refractivity (Wildman–Crippen MR) is 66.8 cm³/mol. The fraction of sp³-hybridized carbons (Fsp3) is 0.667. The summed E-state index contributed by atoms with van der Waals surface area (Å²) in [5.41, 5.74) is 1.03. The maximum absolute atomic E-state index is 11.2. The summed E-state index contributed by atoms with van der Waals surface area (Å²) in [7, 11) is 0. The van der Waals surface area contributed by atoms with E-state index in [9.17, 15) is 4.79 Å². The van der Waals surface area contributed by atoms with Gasteiger partial charge in [-0.1, -0.05) is 11.6 Å². The number of H-pyrrole nitrogens is 1. The molecule has 2 heterocycles. The highest BCUT2D eigenvalue weighted by molar-refractivity contribution is 6.34. The molecule has 18 heavy (non-hydrogen) atoms. The maximum atomic E-state index is 11.2. The molecule has 1 saturated heterocycles. The quantitative estimate of drug-likeness (QED) is 0.836. The minimum atomic E-state index is -0.140. The van der Waals surface area contributed by atoms with Crippen LogP contribution in [-0.2, 0) is 15.9 Å². The molecule has 100 valence electrons. The number of carbonyl (C=O) groups excluding carboxylic acids is 1. The summed E-state index contributed by atoms with van der Waals surface area (Å²) >= 11 is 6.04. The van der Waals surface area contributed by atoms with Crippen LogP contribution in [0.1, 0.15) is 42.4 Å². The Kier molecular flexibility index (Phi) is 4.74. The molecule has 0 radical (unpaired) electrons. The van der Waals surface area contributed by atoms with Crippen molar-refractivity contribution in [2.24, 2.45) is 0 Å². The molecule has 1 aromatic heterocycles. The summed E-state index contributed by atoms with van der Waals surface area (Å²) in [6.45, 7) is 2.71. The van der Waals surface area contributed by atoms with Gasteiger partial charge in [0.25, 0.3) is 0 Å². The van der Waals surface area contributed by atoms with E-state index in [1.165, 1.54) is 6.92 Å². The van der Waals surface area contributed by atoms with E-state index in [1.807, 2.05) is 0 Å². The molecule has 0 aromatic carbocycles. The van der Waals surface area contributed by atoms with Crippen LogP contribution in [0.15, 0.2) is 0 Å². The number of Topliss-reactive ketones (excluding diaryl/α,β-unsaturated/α-hetero) is 1. The Labute approximate surface area is 111 Å². The molecule has 0 saturated carbocycles. The van der Waals surface area contributed by atoms with E-state index in [0.717, 1.165) is 31.6 Å². The molecule has 1 aliphatic rings. The van der Waals surface area contributed by atoms with Crippen molar-refractivity contribution in [2.45, 2.75) is 38.9 Å². The topological polar surface area (TPSA) is 64.2 Å². The summed E-state index contributed by atoms with van der Waals surface area (Å²) in [5.74, 6) is -0.140. The average Bonchev–Trinajstić information content (AvgIpc) is 2.73. The number of halogens is 1. The normalized spacial score (nSPS) is 20.0. The number of aromatic amines is 1. The molecule has 1 aromatic rings. The predicted octanol–water partition coefficient (Wildman–Crippen LogP) is 2.35. The number of rotatable bonds is 5. The first kappa shape index (κ1) is 13.5. The molecule has 1 fully saturated rings. The zero-order valence-corrected chi connectivity index (χ0v) is 11.1. The van der Waals surface area contributed by atoms with Crippen molar-refractivity contribution in [2.75, 3.05) is 13.2 Å². The van der Waals surface area contributed by atoms with Crippen LogP contribution >= 0.6 is 11.6 Å². The first-order valence-electron chi connectivity index (χ1n) is 6.15. The molecule has 6 heteroatoms. The largest absolute Gasteiger partial charge is 0.353 e. The van der Waals surface area contributed by atoms with Crippen LogP contribution in [0, 0.1) is 0 Å². The van der Waals surface area contributed by atoms with Crippen LogP contribution in [0.25, 0.3) is 0 Å². The van der Waals surface area contributed by atoms with E-state index < -0.39 is 0 Å². The first-order chi connectivity index (χ1) is 8.68. The smallest absolute Gasteiger partial charge is 0.181 e. The molecule has 1 atom stereocenters. The minimum Gasteiger partial charge on any atom is -0.353 e. The van der Waals surface area contributed by atoms with Gasteiger partial charge in [0.2, 0.25) is 0 Å². The highest BCUT2D eigenvalue weighted by Gasteiger charge is 2.16. The van der Waals surface area contributed by atoms with Gasteiger partial charge in [0.05, 0.1) is 17.3 Å². The van der Waals surface area contributed by atoms with Gasteiger partial charge in [-0.2, -0.15) is 5.10 Å². The van der Waals surface area contributed by atoms with Gasteiger partial charge >= 0.3 is 0 Å². The van der Waals surface area contributed by atoms with Crippen molar-refractivity contribution < 1.29 is 14.3 Å². The Morgan fingerprint density at radius 2 is 2.44 bits per heavy atom. The van der Waals surface area contributed by atoms with Gasteiger partial charge in [0, 0.05) is 20.0 Å². The number of hydrogen-bond acceptors (Lipinski definition) is 4. The van der Waals surface area contributed by atoms with Gasteiger partial charge in [-0.25, -0.2) is 0 Å². The Balaban J connectivity index is 1.81. The van der Waals surface area contributed by atoms with E-state index in [1.54, 1.807) is 0 Å². The molecule has 1 unspecified atom stereocenters. The first-order valence-corrected chi connectivity index (χ1v) is 6.53. The van der Waals surface area contributed by atoms with E-state index >= 15 is 0 Å². The summed E-state index contributed by atoms with van der Waals surface area (Å²) in [6.07, 6.45) is 3.68. The van der Waals surface area contributed by atoms with Crippen LogP contribution in [0.4, 0.5) is 0 Å². The van der Waals surface area contributed by atoms with E-state index in [2.05, 4.69) is 10.2 Å². The fourth-order valence-corrected chi connectivity index (χ4v) is 2.21. The van der Waals surface area contributed by atoms with E-state index in [-0.39, 0.29) is 12.1 Å². The third-order valence-corrected chi connectivity index (χ3v) is 3.31. The maximum Gasteiger partial charge on any atom is 0.181 e. The summed E-state index contributed by atoms with van der Waals surface area (Å²) in [5, 5.41) is 7.06. The van der Waals surface area contributed by atoms with Crippen molar-refractivity contribution in [3.05, 3.63) is 16.4 Å². The second-order valence-corrected chi connectivity index (χ2v) is 4.72. The number of aromatic nitrogens is 2. The molecule has 0 spiro atoms. The van der Waals surface area contributed by atoms with Crippen molar-refractivity contribution in [1.29, 1.82) is 0 Å². The monoisotopic (exact) mass is 272 g/mol. The summed E-state index contributed by atoms with van der Waals surface area (Å²) in [4.78, 5) is 11.2. The Morgan fingerprint density at radius 1 is 1.61 bits per heavy atom. The third-order valence-electron chi connectivity index (χ3n) is 2.90. The van der Waals surface area contributed by atoms with E-state index in [4.69, 9.17) is 21.1 Å². The van der Waals surface area contributed by atoms with Gasteiger partial charge in [-0.05, 0) is 19.3 Å². The molecular weight excluding hydrogens is 256 g/mol. The lowest BCUT2D eigenvalue weighted by Gasteiger charge is -2.22. The van der Waals surface area contributed by atoms with Crippen molar-refractivity contribution >= 4 is 17.4 Å². The molecule has 1 aliphatic heterocycles. The van der Waals surface area contributed by atoms with Crippen LogP contribution in [0.3, 0.4) is 0 Å². The Morgan fingerprint density at radius 3 is 3.06 bits per heavy atom. The van der Waals surface area contributed by atoms with Crippen molar-refractivity contribution in [1.82, 2.24) is 10.2 Å². The SMILES string of the molecule is CC(=O)c1n[nH]c(CCOC2CCCCO2)c1Cl. The van der Waals surface area contributed by atoms with Gasteiger partial charge in [0.15, 0.2) is 12.1 Å². The Hall–Kier alpha value is -0.910. The third kappa shape index (κ3) is 3.31. The molecule has 0 amide bonds. The van der Waals surface area contributed by atoms with Crippen molar-refractivity contribution in [3.63, 3.8) is 0 Å². The molecule has 5 nitrogen and oxygen atoms in total. The average molecular weight is 273 g/mol. The number of ether oxygens (including phenoxy) is 2. The molecule has 0 aliphatic carbocycles. The van der Waals surface area contributed by atoms with Gasteiger partial charge in [-0.15, -0.1) is 0 Å². The highest BCUT2D eigenvalue weighted by Crippen LogP contribution is 2.20. The van der Waals surface area contributed by atoms with Crippen molar-refractivity contribution in [3.8, 4) is 0 Å². The number of nitrogens with zero attached hydrogens (tertiary/aromatic N) is 1. The minimum absolute atomic E-state index is 0.104. The zero-order valence-electron chi connectivity index (χ0n) is 10.4. The zero-order chi connectivity index (χ0) is 13.0. The lowest BCUT2D eigenvalue weighted by Crippen LogP contribution is -2.23. The lowest BCUT2D eigenvalue weighted by molar-refractivity contribution is -0.161. The van der Waals surface area contributed by atoms with Crippen LogP contribution in [0.2, 0.25) is 5.02 Å².